The Balaban J connectivity index is 0. The average Bonchev–Trinajstić information content (AvgIpc) is 2.15. The molecular weight excluding hydrogens is 224 g/mol. The van der Waals surface area contributed by atoms with E-state index in [2.05, 4.69) is 27.0 Å². The van der Waals surface area contributed by atoms with Gasteiger partial charge in [-0.25, -0.2) is 0 Å². The Hall–Kier alpha value is -0.800. The van der Waals surface area contributed by atoms with Gasteiger partial charge in [0.25, 0.3) is 0 Å². The average molecular weight is 247 g/mol. The van der Waals surface area contributed by atoms with E-state index in [4.69, 9.17) is 5.73 Å². The SMILES string of the molecule is C=CCN(CC=C)C(=O)[C@@H](N)CC(C)C.Cl. The van der Waals surface area contributed by atoms with Crippen LogP contribution < -0.4 is 5.73 Å². The van der Waals surface area contributed by atoms with Crippen LogP contribution in [0.15, 0.2) is 25.3 Å². The summed E-state index contributed by atoms with van der Waals surface area (Å²) in [5, 5.41) is 0. The summed E-state index contributed by atoms with van der Waals surface area (Å²) in [6.07, 6.45) is 4.11. The fraction of sp³-hybridized carbons (Fsp3) is 0.583. The van der Waals surface area contributed by atoms with Crippen molar-refractivity contribution < 1.29 is 4.79 Å². The van der Waals surface area contributed by atoms with Gasteiger partial charge in [-0.1, -0.05) is 26.0 Å². The highest BCUT2D eigenvalue weighted by molar-refractivity contribution is 5.85. The molecule has 0 saturated heterocycles. The van der Waals surface area contributed by atoms with Crippen LogP contribution in [0.25, 0.3) is 0 Å². The third-order valence-electron chi connectivity index (χ3n) is 2.05. The predicted octanol–water partition coefficient (Wildman–Crippen LogP) is 1.98. The van der Waals surface area contributed by atoms with Crippen LogP contribution in [0.4, 0.5) is 0 Å². The molecule has 0 heterocycles. The number of carbonyl (C=O) groups excluding carboxylic acids is 1. The largest absolute Gasteiger partial charge is 0.334 e. The van der Waals surface area contributed by atoms with Crippen molar-refractivity contribution in [3.05, 3.63) is 25.3 Å². The molecule has 0 saturated carbocycles. The Bertz CT molecular complexity index is 219. The van der Waals surface area contributed by atoms with E-state index in [1.54, 1.807) is 17.1 Å². The minimum atomic E-state index is -0.412. The molecule has 1 amide bonds. The minimum absolute atomic E-state index is 0. The number of hydrogen-bond acceptors (Lipinski definition) is 2. The van der Waals surface area contributed by atoms with Gasteiger partial charge in [0.1, 0.15) is 0 Å². The molecule has 0 aromatic rings. The number of rotatable bonds is 7. The Kier molecular flexibility index (Phi) is 10.4. The quantitative estimate of drug-likeness (QED) is 0.699. The molecule has 0 aliphatic rings. The lowest BCUT2D eigenvalue weighted by Crippen LogP contribution is -2.44. The first-order valence-corrected chi connectivity index (χ1v) is 5.29. The second-order valence-corrected chi connectivity index (χ2v) is 4.06. The molecule has 0 aromatic heterocycles. The molecule has 0 radical (unpaired) electrons. The zero-order valence-electron chi connectivity index (χ0n) is 10.2. The highest BCUT2D eigenvalue weighted by atomic mass is 35.5. The molecule has 0 rings (SSSR count). The monoisotopic (exact) mass is 246 g/mol. The highest BCUT2D eigenvalue weighted by Crippen LogP contribution is 2.06. The summed E-state index contributed by atoms with van der Waals surface area (Å²) in [4.78, 5) is 13.5. The zero-order chi connectivity index (χ0) is 11.8. The molecule has 0 aromatic carbocycles. The first-order valence-electron chi connectivity index (χ1n) is 5.29. The van der Waals surface area contributed by atoms with Crippen molar-refractivity contribution in [1.29, 1.82) is 0 Å². The number of carbonyl (C=O) groups is 1. The third kappa shape index (κ3) is 6.64. The standard InChI is InChI=1S/C12H22N2O.ClH/c1-5-7-14(8-6-2)12(15)11(13)9-10(3)4;/h5-6,10-11H,1-2,7-9,13H2,3-4H3;1H/t11-;/m0./s1. The van der Waals surface area contributed by atoms with Crippen molar-refractivity contribution in [2.75, 3.05) is 13.1 Å². The molecule has 0 unspecified atom stereocenters. The molecule has 0 bridgehead atoms. The number of halogens is 1. The van der Waals surface area contributed by atoms with E-state index in [9.17, 15) is 4.79 Å². The van der Waals surface area contributed by atoms with Crippen LogP contribution in [-0.4, -0.2) is 29.9 Å². The highest BCUT2D eigenvalue weighted by Gasteiger charge is 2.19. The van der Waals surface area contributed by atoms with Crippen molar-refractivity contribution in [2.24, 2.45) is 11.7 Å². The third-order valence-corrected chi connectivity index (χ3v) is 2.05. The van der Waals surface area contributed by atoms with E-state index in [-0.39, 0.29) is 18.3 Å². The van der Waals surface area contributed by atoms with Gasteiger partial charge >= 0.3 is 0 Å². The van der Waals surface area contributed by atoms with Crippen molar-refractivity contribution in [2.45, 2.75) is 26.3 Å². The molecule has 2 N–H and O–H groups in total. The minimum Gasteiger partial charge on any atom is -0.334 e. The molecule has 94 valence electrons. The Labute approximate surface area is 105 Å². The van der Waals surface area contributed by atoms with E-state index in [0.29, 0.717) is 25.4 Å². The molecule has 16 heavy (non-hydrogen) atoms. The number of nitrogens with two attached hydrogens (primary N) is 1. The Morgan fingerprint density at radius 3 is 2.06 bits per heavy atom. The molecule has 1 atom stereocenters. The molecule has 0 aliphatic carbocycles. The number of hydrogen-bond donors (Lipinski definition) is 1. The van der Waals surface area contributed by atoms with Crippen LogP contribution in [0, 0.1) is 5.92 Å². The molecular formula is C12H23ClN2O. The van der Waals surface area contributed by atoms with Crippen LogP contribution in [-0.2, 0) is 4.79 Å². The van der Waals surface area contributed by atoms with E-state index >= 15 is 0 Å². The van der Waals surface area contributed by atoms with Crippen molar-refractivity contribution in [3.8, 4) is 0 Å². The lowest BCUT2D eigenvalue weighted by Gasteiger charge is -2.24. The summed E-state index contributed by atoms with van der Waals surface area (Å²) in [6, 6.07) is -0.412. The molecule has 3 nitrogen and oxygen atoms in total. The fourth-order valence-electron chi connectivity index (χ4n) is 1.41. The first kappa shape index (κ1) is 17.6. The number of amides is 1. The normalized spacial score (nSPS) is 11.5. The van der Waals surface area contributed by atoms with E-state index in [0.717, 1.165) is 0 Å². The maximum absolute atomic E-state index is 11.9. The zero-order valence-corrected chi connectivity index (χ0v) is 11.0. The maximum atomic E-state index is 11.9. The van der Waals surface area contributed by atoms with Gasteiger partial charge in [0, 0.05) is 13.1 Å². The van der Waals surface area contributed by atoms with E-state index in [1.165, 1.54) is 0 Å². The van der Waals surface area contributed by atoms with Gasteiger partial charge < -0.3 is 10.6 Å². The number of nitrogens with zero attached hydrogens (tertiary/aromatic N) is 1. The van der Waals surface area contributed by atoms with E-state index in [1.807, 2.05) is 0 Å². The fourth-order valence-corrected chi connectivity index (χ4v) is 1.41. The molecule has 0 aliphatic heterocycles. The van der Waals surface area contributed by atoms with Gasteiger partial charge in [0.15, 0.2) is 0 Å². The van der Waals surface area contributed by atoms with Gasteiger partial charge in [0.2, 0.25) is 5.91 Å². The van der Waals surface area contributed by atoms with Crippen LogP contribution in [0.5, 0.6) is 0 Å². The van der Waals surface area contributed by atoms with Gasteiger partial charge in [-0.15, -0.1) is 25.6 Å². The summed E-state index contributed by atoms with van der Waals surface area (Å²) < 4.78 is 0. The molecule has 0 fully saturated rings. The van der Waals surface area contributed by atoms with Gasteiger partial charge in [0.05, 0.1) is 6.04 Å². The van der Waals surface area contributed by atoms with Gasteiger partial charge in [-0.2, -0.15) is 0 Å². The Morgan fingerprint density at radius 2 is 1.75 bits per heavy atom. The summed E-state index contributed by atoms with van der Waals surface area (Å²) in [5.41, 5.74) is 5.82. The van der Waals surface area contributed by atoms with E-state index < -0.39 is 6.04 Å². The maximum Gasteiger partial charge on any atom is 0.240 e. The van der Waals surface area contributed by atoms with Crippen LogP contribution in [0.3, 0.4) is 0 Å². The smallest absolute Gasteiger partial charge is 0.240 e. The van der Waals surface area contributed by atoms with Crippen LogP contribution >= 0.6 is 12.4 Å². The summed E-state index contributed by atoms with van der Waals surface area (Å²) >= 11 is 0. The predicted molar refractivity (Wildman–Crippen MR) is 71.7 cm³/mol. The second kappa shape index (κ2) is 9.43. The van der Waals surface area contributed by atoms with Crippen molar-refractivity contribution >= 4 is 18.3 Å². The summed E-state index contributed by atoms with van der Waals surface area (Å²) in [6.45, 7) is 12.4. The molecule has 4 heteroatoms. The summed E-state index contributed by atoms with van der Waals surface area (Å²) in [5.74, 6) is 0.404. The second-order valence-electron chi connectivity index (χ2n) is 4.06. The Morgan fingerprint density at radius 1 is 1.31 bits per heavy atom. The first-order chi connectivity index (χ1) is 7.02. The lowest BCUT2D eigenvalue weighted by molar-refractivity contribution is -0.131. The van der Waals surface area contributed by atoms with Crippen LogP contribution in [0.1, 0.15) is 20.3 Å². The summed E-state index contributed by atoms with van der Waals surface area (Å²) in [7, 11) is 0. The van der Waals surface area contributed by atoms with Crippen molar-refractivity contribution in [1.82, 2.24) is 4.90 Å². The van der Waals surface area contributed by atoms with Crippen LogP contribution in [0.2, 0.25) is 0 Å². The molecule has 0 spiro atoms. The topological polar surface area (TPSA) is 46.3 Å². The van der Waals surface area contributed by atoms with Crippen molar-refractivity contribution in [3.63, 3.8) is 0 Å². The van der Waals surface area contributed by atoms with Gasteiger partial charge in [-0.3, -0.25) is 4.79 Å². The lowest BCUT2D eigenvalue weighted by atomic mass is 10.0. The van der Waals surface area contributed by atoms with Gasteiger partial charge in [-0.05, 0) is 12.3 Å².